The van der Waals surface area contributed by atoms with Gasteiger partial charge in [0.1, 0.15) is 17.7 Å². The number of amides is 1. The van der Waals surface area contributed by atoms with E-state index in [4.69, 9.17) is 16.3 Å². The highest BCUT2D eigenvalue weighted by Crippen LogP contribution is 2.38. The summed E-state index contributed by atoms with van der Waals surface area (Å²) in [6, 6.07) is 19.1. The average molecular weight is 491 g/mol. The Morgan fingerprint density at radius 3 is 2.37 bits per heavy atom. The van der Waals surface area contributed by atoms with E-state index in [1.807, 2.05) is 36.4 Å². The normalized spacial score (nSPS) is 23.9. The third kappa shape index (κ3) is 4.21. The van der Waals surface area contributed by atoms with E-state index in [-0.39, 0.29) is 17.8 Å². The fraction of sp³-hybridized carbons (Fsp3) is 0.345. The molecule has 2 saturated heterocycles. The second-order valence-corrected chi connectivity index (χ2v) is 10.4. The van der Waals surface area contributed by atoms with Crippen molar-refractivity contribution in [2.24, 2.45) is 0 Å². The van der Waals surface area contributed by atoms with Crippen LogP contribution in [0.4, 0.5) is 10.1 Å². The van der Waals surface area contributed by atoms with Crippen LogP contribution < -0.4 is 9.64 Å². The van der Waals surface area contributed by atoms with Crippen molar-refractivity contribution in [3.05, 3.63) is 82.6 Å². The van der Waals surface area contributed by atoms with Gasteiger partial charge < -0.3 is 14.5 Å². The highest BCUT2D eigenvalue weighted by Gasteiger charge is 2.39. The average Bonchev–Trinajstić information content (AvgIpc) is 3.06. The molecule has 0 aliphatic carbocycles. The Morgan fingerprint density at radius 2 is 1.66 bits per heavy atom. The first kappa shape index (κ1) is 22.6. The first-order valence-electron chi connectivity index (χ1n) is 12.3. The van der Waals surface area contributed by atoms with E-state index in [1.54, 1.807) is 17.0 Å². The summed E-state index contributed by atoms with van der Waals surface area (Å²) < 4.78 is 19.6. The number of nitrogens with zero attached hydrogens (tertiary/aromatic N) is 2. The van der Waals surface area contributed by atoms with Crippen LogP contribution in [0.1, 0.15) is 41.6 Å². The number of carbonyl (C=O) groups excluding carboxylic acids is 1. The van der Waals surface area contributed by atoms with Gasteiger partial charge in [-0.25, -0.2) is 4.39 Å². The van der Waals surface area contributed by atoms with Gasteiger partial charge in [0.05, 0.1) is 5.02 Å². The van der Waals surface area contributed by atoms with Crippen LogP contribution in [-0.4, -0.2) is 42.6 Å². The van der Waals surface area contributed by atoms with Crippen molar-refractivity contribution in [1.29, 1.82) is 0 Å². The third-order valence-corrected chi connectivity index (χ3v) is 8.23. The van der Waals surface area contributed by atoms with Crippen LogP contribution in [0.2, 0.25) is 5.02 Å². The monoisotopic (exact) mass is 490 g/mol. The zero-order chi connectivity index (χ0) is 24.1. The predicted molar refractivity (Wildman–Crippen MR) is 137 cm³/mol. The van der Waals surface area contributed by atoms with Crippen molar-refractivity contribution in [3.8, 4) is 16.9 Å². The highest BCUT2D eigenvalue weighted by atomic mass is 35.5. The smallest absolute Gasteiger partial charge is 0.258 e. The molecule has 0 unspecified atom stereocenters. The van der Waals surface area contributed by atoms with Gasteiger partial charge in [0.2, 0.25) is 0 Å². The number of hydrogen-bond donors (Lipinski definition) is 0. The molecule has 0 spiro atoms. The number of halogens is 2. The lowest BCUT2D eigenvalue weighted by atomic mass is 9.94. The molecular weight excluding hydrogens is 463 g/mol. The summed E-state index contributed by atoms with van der Waals surface area (Å²) in [6.45, 7) is 0.577. The van der Waals surface area contributed by atoms with Crippen LogP contribution in [0, 0.1) is 5.82 Å². The molecule has 180 valence electrons. The van der Waals surface area contributed by atoms with Crippen LogP contribution in [0.5, 0.6) is 5.75 Å². The summed E-state index contributed by atoms with van der Waals surface area (Å²) in [4.78, 5) is 17.6. The molecule has 1 amide bonds. The summed E-state index contributed by atoms with van der Waals surface area (Å²) in [5, 5.41) is 0.541. The van der Waals surface area contributed by atoms with E-state index in [0.717, 1.165) is 41.6 Å². The number of carbonyl (C=O) groups is 1. The molecule has 35 heavy (non-hydrogen) atoms. The minimum atomic E-state index is -0.258. The maximum atomic E-state index is 13.3. The number of ether oxygens (including phenoxy) is 1. The predicted octanol–water partition coefficient (Wildman–Crippen LogP) is 6.35. The van der Waals surface area contributed by atoms with Crippen molar-refractivity contribution in [2.75, 3.05) is 18.5 Å². The van der Waals surface area contributed by atoms with E-state index in [0.29, 0.717) is 35.0 Å². The van der Waals surface area contributed by atoms with Gasteiger partial charge in [0.25, 0.3) is 5.91 Å². The lowest BCUT2D eigenvalue weighted by Crippen LogP contribution is -2.43. The summed E-state index contributed by atoms with van der Waals surface area (Å²) in [5.41, 5.74) is 4.40. The quantitative estimate of drug-likeness (QED) is 0.427. The molecule has 3 aliphatic rings. The molecule has 2 bridgehead atoms. The van der Waals surface area contributed by atoms with Gasteiger partial charge in [-0.2, -0.15) is 0 Å². The Kier molecular flexibility index (Phi) is 5.78. The van der Waals surface area contributed by atoms with E-state index >= 15 is 0 Å². The first-order chi connectivity index (χ1) is 17.0. The number of benzene rings is 3. The van der Waals surface area contributed by atoms with Crippen molar-refractivity contribution in [2.45, 2.75) is 50.3 Å². The van der Waals surface area contributed by atoms with Crippen LogP contribution in [0.3, 0.4) is 0 Å². The van der Waals surface area contributed by atoms with Gasteiger partial charge in [0.15, 0.2) is 0 Å². The van der Waals surface area contributed by atoms with Gasteiger partial charge in [-0.1, -0.05) is 35.9 Å². The van der Waals surface area contributed by atoms with E-state index in [9.17, 15) is 9.18 Å². The first-order valence-corrected chi connectivity index (χ1v) is 12.7. The molecule has 0 N–H and O–H groups in total. The molecule has 6 rings (SSSR count). The molecule has 0 aromatic heterocycles. The number of anilines is 1. The van der Waals surface area contributed by atoms with E-state index < -0.39 is 0 Å². The molecule has 4 nitrogen and oxygen atoms in total. The summed E-state index contributed by atoms with van der Waals surface area (Å²) in [6.07, 6.45) is 5.49. The number of piperidine rings is 1. The maximum absolute atomic E-state index is 13.3. The van der Waals surface area contributed by atoms with Gasteiger partial charge in [-0.3, -0.25) is 4.79 Å². The molecule has 3 aromatic rings. The van der Waals surface area contributed by atoms with Crippen molar-refractivity contribution < 1.29 is 13.9 Å². The summed E-state index contributed by atoms with van der Waals surface area (Å²) >= 11 is 6.63. The Balaban J connectivity index is 1.18. The molecule has 3 aliphatic heterocycles. The van der Waals surface area contributed by atoms with Gasteiger partial charge in [-0.15, -0.1) is 0 Å². The lowest BCUT2D eigenvalue weighted by Gasteiger charge is -2.36. The molecule has 3 aromatic carbocycles. The largest absolute Gasteiger partial charge is 0.489 e. The minimum absolute atomic E-state index is 0.0338. The Hall–Kier alpha value is -2.89. The Morgan fingerprint density at radius 1 is 0.943 bits per heavy atom. The van der Waals surface area contributed by atoms with E-state index in [1.165, 1.54) is 25.0 Å². The second kappa shape index (κ2) is 8.96. The zero-order valence-electron chi connectivity index (χ0n) is 19.7. The second-order valence-electron chi connectivity index (χ2n) is 9.96. The summed E-state index contributed by atoms with van der Waals surface area (Å²) in [5.74, 6) is 0.401. The van der Waals surface area contributed by atoms with Crippen LogP contribution >= 0.6 is 11.6 Å². The lowest BCUT2D eigenvalue weighted by molar-refractivity contribution is 0.0662. The van der Waals surface area contributed by atoms with Crippen LogP contribution in [0.15, 0.2) is 60.7 Å². The van der Waals surface area contributed by atoms with Gasteiger partial charge in [-0.05, 0) is 92.2 Å². The van der Waals surface area contributed by atoms with Gasteiger partial charge >= 0.3 is 0 Å². The SMILES string of the molecule is CN1[C@@H]2CC[C@H]1C[C@@H](Oc1ccc(N3CCc4cc(-c5ccc(F)cc5)ccc4C3=O)cc1Cl)C2. The molecule has 6 heteroatoms. The Labute approximate surface area is 210 Å². The molecule has 2 fully saturated rings. The molecule has 0 radical (unpaired) electrons. The number of hydrogen-bond acceptors (Lipinski definition) is 3. The standard InChI is InChI=1S/C29H28ClFN2O2/c1-32-22-7-8-23(32)16-25(15-22)35-28-11-9-24(17-27(28)30)33-13-12-20-14-19(4-10-26(20)29(33)34)18-2-5-21(31)6-3-18/h2-6,9-11,14,17,22-23,25H,7-8,12-13,15-16H2,1H3/t22-,23+,25+. The zero-order valence-corrected chi connectivity index (χ0v) is 20.5. The number of rotatable bonds is 4. The molecule has 0 saturated carbocycles. The maximum Gasteiger partial charge on any atom is 0.258 e. The summed E-state index contributed by atoms with van der Waals surface area (Å²) in [7, 11) is 2.22. The molecule has 3 heterocycles. The van der Waals surface area contributed by atoms with Crippen LogP contribution in [0.25, 0.3) is 11.1 Å². The molecule has 3 atom stereocenters. The fourth-order valence-electron chi connectivity index (χ4n) is 5.95. The van der Waals surface area contributed by atoms with Crippen molar-refractivity contribution >= 4 is 23.2 Å². The van der Waals surface area contributed by atoms with Crippen molar-refractivity contribution in [3.63, 3.8) is 0 Å². The minimum Gasteiger partial charge on any atom is -0.489 e. The topological polar surface area (TPSA) is 32.8 Å². The van der Waals surface area contributed by atoms with Gasteiger partial charge in [0, 0.05) is 29.9 Å². The van der Waals surface area contributed by atoms with Crippen LogP contribution in [-0.2, 0) is 6.42 Å². The molecular formula is C29H28ClFN2O2. The third-order valence-electron chi connectivity index (χ3n) is 7.94. The highest BCUT2D eigenvalue weighted by molar-refractivity contribution is 6.32. The fourth-order valence-corrected chi connectivity index (χ4v) is 6.17. The van der Waals surface area contributed by atoms with E-state index in [2.05, 4.69) is 11.9 Å². The number of fused-ring (bicyclic) bond motifs is 3. The van der Waals surface area contributed by atoms with Crippen molar-refractivity contribution in [1.82, 2.24) is 4.90 Å². The Bertz CT molecular complexity index is 1260.